The van der Waals surface area contributed by atoms with Gasteiger partial charge in [0, 0.05) is 13.6 Å². The first kappa shape index (κ1) is 20.8. The third-order valence-corrected chi connectivity index (χ3v) is 4.86. The van der Waals surface area contributed by atoms with Gasteiger partial charge < -0.3 is 4.90 Å². The highest BCUT2D eigenvalue weighted by atomic mass is 16.6. The molecule has 4 rings (SSSR count). The molecule has 3 aromatic carbocycles. The minimum absolute atomic E-state index is 0.104. The third kappa shape index (κ3) is 4.65. The molecular formula is C24H22N6O2. The molecule has 1 heterocycles. The summed E-state index contributed by atoms with van der Waals surface area (Å²) in [6.07, 6.45) is 1.33. The zero-order valence-corrected chi connectivity index (χ0v) is 17.5. The predicted molar refractivity (Wildman–Crippen MR) is 126 cm³/mol. The lowest BCUT2D eigenvalue weighted by molar-refractivity contribution is -0.383. The van der Waals surface area contributed by atoms with Gasteiger partial charge in [0.2, 0.25) is 11.6 Å². The Morgan fingerprint density at radius 1 is 0.844 bits per heavy atom. The van der Waals surface area contributed by atoms with Crippen LogP contribution >= 0.6 is 0 Å². The average Bonchev–Trinajstić information content (AvgIpc) is 2.84. The van der Waals surface area contributed by atoms with Crippen molar-refractivity contribution in [3.63, 3.8) is 0 Å². The number of anilines is 4. The van der Waals surface area contributed by atoms with Crippen molar-refractivity contribution >= 4 is 28.7 Å². The summed E-state index contributed by atoms with van der Waals surface area (Å²) in [5.41, 5.74) is 5.59. The Kier molecular flexibility index (Phi) is 6.22. The Hall–Kier alpha value is -4.46. The van der Waals surface area contributed by atoms with Gasteiger partial charge in [-0.2, -0.15) is 0 Å². The maximum atomic E-state index is 12.1. The van der Waals surface area contributed by atoms with Gasteiger partial charge in [-0.15, -0.1) is 0 Å². The van der Waals surface area contributed by atoms with Crippen molar-refractivity contribution in [1.29, 1.82) is 0 Å². The summed E-state index contributed by atoms with van der Waals surface area (Å²) in [7, 11) is 1.78. The van der Waals surface area contributed by atoms with E-state index in [1.54, 1.807) is 17.0 Å². The number of nitrogens with one attached hydrogen (secondary N) is 1. The summed E-state index contributed by atoms with van der Waals surface area (Å²) in [6, 6.07) is 28.8. The minimum atomic E-state index is -0.451. The number of nitro groups is 1. The molecule has 0 spiro atoms. The van der Waals surface area contributed by atoms with Gasteiger partial charge >= 0.3 is 5.69 Å². The zero-order chi connectivity index (χ0) is 22.3. The summed E-state index contributed by atoms with van der Waals surface area (Å²) >= 11 is 0. The number of nitrogens with zero attached hydrogens (tertiary/aromatic N) is 5. The van der Waals surface area contributed by atoms with Crippen LogP contribution in [-0.2, 0) is 6.54 Å². The summed E-state index contributed by atoms with van der Waals surface area (Å²) in [5.74, 6) is 0.338. The highest BCUT2D eigenvalue weighted by molar-refractivity contribution is 5.75. The van der Waals surface area contributed by atoms with E-state index < -0.39 is 4.92 Å². The van der Waals surface area contributed by atoms with Crippen molar-refractivity contribution in [3.8, 4) is 0 Å². The lowest BCUT2D eigenvalue weighted by Crippen LogP contribution is -2.27. The van der Waals surface area contributed by atoms with Gasteiger partial charge in [0.15, 0.2) is 0 Å². The molecule has 0 saturated heterocycles. The molecule has 4 aromatic rings. The first-order valence-electron chi connectivity index (χ1n) is 10.0. The van der Waals surface area contributed by atoms with Gasteiger partial charge in [-0.1, -0.05) is 66.7 Å². The van der Waals surface area contributed by atoms with E-state index in [9.17, 15) is 10.1 Å². The molecule has 32 heavy (non-hydrogen) atoms. The standard InChI is InChI=1S/C24H22N6O2/c1-28(17-19-11-5-2-6-12-19)24-22(30(31)32)23(25-18-26-24)27-29(20-13-7-3-8-14-20)21-15-9-4-10-16-21/h2-16,18H,17H2,1H3,(H,25,26,27). The molecule has 0 fully saturated rings. The second kappa shape index (κ2) is 9.57. The van der Waals surface area contributed by atoms with Crippen molar-refractivity contribution in [2.24, 2.45) is 0 Å². The second-order valence-corrected chi connectivity index (χ2v) is 7.11. The number of rotatable bonds is 8. The van der Waals surface area contributed by atoms with Crippen molar-refractivity contribution in [2.75, 3.05) is 22.4 Å². The number of hydrogen-bond acceptors (Lipinski definition) is 7. The monoisotopic (exact) mass is 426 g/mol. The van der Waals surface area contributed by atoms with E-state index in [0.717, 1.165) is 16.9 Å². The molecule has 8 nitrogen and oxygen atoms in total. The maximum Gasteiger partial charge on any atom is 0.355 e. The van der Waals surface area contributed by atoms with Gasteiger partial charge in [0.1, 0.15) is 6.33 Å². The molecule has 8 heteroatoms. The highest BCUT2D eigenvalue weighted by Gasteiger charge is 2.27. The van der Waals surface area contributed by atoms with E-state index in [4.69, 9.17) is 0 Å². The van der Waals surface area contributed by atoms with Crippen LogP contribution in [-0.4, -0.2) is 21.9 Å². The summed E-state index contributed by atoms with van der Waals surface area (Å²) < 4.78 is 0. The molecule has 0 amide bonds. The van der Waals surface area contributed by atoms with Crippen LogP contribution < -0.4 is 15.3 Å². The Morgan fingerprint density at radius 2 is 1.38 bits per heavy atom. The molecule has 1 aromatic heterocycles. The minimum Gasteiger partial charge on any atom is -0.349 e. The lowest BCUT2D eigenvalue weighted by atomic mass is 10.2. The predicted octanol–water partition coefficient (Wildman–Crippen LogP) is 5.19. The number of hydrazine groups is 1. The van der Waals surface area contributed by atoms with Crippen molar-refractivity contribution in [2.45, 2.75) is 6.54 Å². The normalized spacial score (nSPS) is 10.4. The number of hydrogen-bond donors (Lipinski definition) is 1. The first-order valence-corrected chi connectivity index (χ1v) is 10.0. The van der Waals surface area contributed by atoms with Crippen molar-refractivity contribution < 1.29 is 4.92 Å². The molecule has 0 unspecified atom stereocenters. The van der Waals surface area contributed by atoms with Crippen LogP contribution in [0.4, 0.5) is 28.7 Å². The molecule has 0 bridgehead atoms. The van der Waals surface area contributed by atoms with Gasteiger partial charge in [-0.05, 0) is 29.8 Å². The summed E-state index contributed by atoms with van der Waals surface area (Å²) in [6.45, 7) is 0.471. The van der Waals surface area contributed by atoms with Crippen LogP contribution in [0.25, 0.3) is 0 Å². The highest BCUT2D eigenvalue weighted by Crippen LogP contribution is 2.34. The Morgan fingerprint density at radius 3 is 1.91 bits per heavy atom. The van der Waals surface area contributed by atoms with Crippen LogP contribution in [0.15, 0.2) is 97.3 Å². The summed E-state index contributed by atoms with van der Waals surface area (Å²) in [5, 5.41) is 13.9. The van der Waals surface area contributed by atoms with Gasteiger partial charge in [-0.3, -0.25) is 20.5 Å². The van der Waals surface area contributed by atoms with Gasteiger partial charge in [0.25, 0.3) is 0 Å². The fraction of sp³-hybridized carbons (Fsp3) is 0.0833. The molecular weight excluding hydrogens is 404 g/mol. The van der Waals surface area contributed by atoms with Crippen LogP contribution in [0.3, 0.4) is 0 Å². The van der Waals surface area contributed by atoms with Gasteiger partial charge in [-0.25, -0.2) is 9.97 Å². The smallest absolute Gasteiger partial charge is 0.349 e. The molecule has 160 valence electrons. The van der Waals surface area contributed by atoms with Crippen molar-refractivity contribution in [3.05, 3.63) is 113 Å². The van der Waals surface area contributed by atoms with Gasteiger partial charge in [0.05, 0.1) is 16.3 Å². The number of para-hydroxylation sites is 2. The fourth-order valence-electron chi connectivity index (χ4n) is 3.37. The topological polar surface area (TPSA) is 87.4 Å². The molecule has 0 saturated carbocycles. The quantitative estimate of drug-likeness (QED) is 0.306. The van der Waals surface area contributed by atoms with Crippen LogP contribution in [0, 0.1) is 10.1 Å². The summed E-state index contributed by atoms with van der Waals surface area (Å²) in [4.78, 5) is 21.8. The van der Waals surface area contributed by atoms with Crippen LogP contribution in [0.5, 0.6) is 0 Å². The number of aromatic nitrogens is 2. The van der Waals surface area contributed by atoms with E-state index in [0.29, 0.717) is 6.54 Å². The zero-order valence-electron chi connectivity index (χ0n) is 17.5. The largest absolute Gasteiger partial charge is 0.355 e. The van der Waals surface area contributed by atoms with E-state index in [1.807, 2.05) is 91.0 Å². The van der Waals surface area contributed by atoms with E-state index >= 15 is 0 Å². The Labute approximate surface area is 185 Å². The average molecular weight is 426 g/mol. The second-order valence-electron chi connectivity index (χ2n) is 7.11. The molecule has 0 radical (unpaired) electrons. The van der Waals surface area contributed by atoms with E-state index in [-0.39, 0.29) is 17.3 Å². The Balaban J connectivity index is 1.72. The maximum absolute atomic E-state index is 12.1. The molecule has 0 aliphatic rings. The molecule has 0 atom stereocenters. The first-order chi connectivity index (χ1) is 15.6. The van der Waals surface area contributed by atoms with E-state index in [1.165, 1.54) is 6.33 Å². The van der Waals surface area contributed by atoms with Crippen LogP contribution in [0.1, 0.15) is 5.56 Å². The number of benzene rings is 3. The molecule has 0 aliphatic heterocycles. The SMILES string of the molecule is CN(Cc1ccccc1)c1ncnc(NN(c2ccccc2)c2ccccc2)c1[N+](=O)[O-]. The lowest BCUT2D eigenvalue weighted by Gasteiger charge is -2.26. The molecule has 0 aliphatic carbocycles. The fourth-order valence-corrected chi connectivity index (χ4v) is 3.37. The van der Waals surface area contributed by atoms with Crippen molar-refractivity contribution in [1.82, 2.24) is 9.97 Å². The Bertz CT molecular complexity index is 1130. The van der Waals surface area contributed by atoms with Crippen LogP contribution in [0.2, 0.25) is 0 Å². The molecule has 1 N–H and O–H groups in total. The third-order valence-electron chi connectivity index (χ3n) is 4.86. The van der Waals surface area contributed by atoms with E-state index in [2.05, 4.69) is 15.4 Å².